The highest BCUT2D eigenvalue weighted by Crippen LogP contribution is 2.46. The maximum atomic E-state index is 13.6. The second-order valence-corrected chi connectivity index (χ2v) is 9.57. The van der Waals surface area contributed by atoms with E-state index in [1.807, 2.05) is 11.0 Å². The van der Waals surface area contributed by atoms with Gasteiger partial charge in [-0.15, -0.1) is 0 Å². The highest BCUT2D eigenvalue weighted by molar-refractivity contribution is 5.77. The Kier molecular flexibility index (Phi) is 5.53. The first kappa shape index (κ1) is 21.8. The van der Waals surface area contributed by atoms with Crippen molar-refractivity contribution >= 4 is 11.7 Å². The Morgan fingerprint density at radius 2 is 2.00 bits per heavy atom. The Labute approximate surface area is 192 Å². The topological polar surface area (TPSA) is 72.3 Å². The van der Waals surface area contributed by atoms with Crippen molar-refractivity contribution in [3.8, 4) is 6.07 Å². The summed E-state index contributed by atoms with van der Waals surface area (Å²) in [6.07, 6.45) is 4.57. The van der Waals surface area contributed by atoms with E-state index in [9.17, 15) is 13.6 Å². The van der Waals surface area contributed by atoms with Crippen molar-refractivity contribution in [3.05, 3.63) is 59.3 Å². The summed E-state index contributed by atoms with van der Waals surface area (Å²) < 4.78 is 27.3. The molecule has 3 aliphatic rings. The standard InChI is InChI=1S/C25H27F2N5O/c1-16-8-21-14-31(15-22(16)32(21)23-3-2-17(12-28)13-29-23)24(33)4-7-30-25(5-6-25)18-9-19(26)11-20(27)10-18/h2-3,9-11,13,16,21-22,30H,4-8,14-15H2,1H3/t16-,21?,22?/m0/s1. The number of nitrogens with zero attached hydrogens (tertiary/aromatic N) is 4. The summed E-state index contributed by atoms with van der Waals surface area (Å²) in [5, 5.41) is 12.4. The van der Waals surface area contributed by atoms with E-state index in [4.69, 9.17) is 5.26 Å². The molecule has 1 aromatic heterocycles. The number of amides is 1. The predicted octanol–water partition coefficient (Wildman–Crippen LogP) is 3.33. The van der Waals surface area contributed by atoms with Crippen molar-refractivity contribution in [1.29, 1.82) is 5.26 Å². The summed E-state index contributed by atoms with van der Waals surface area (Å²) in [5.74, 6) is 0.253. The number of carbonyl (C=O) groups excluding carboxylic acids is 1. The molecule has 1 aromatic carbocycles. The molecule has 1 N–H and O–H groups in total. The Morgan fingerprint density at radius 3 is 2.61 bits per heavy atom. The number of halogens is 2. The fraction of sp³-hybridized carbons (Fsp3) is 0.480. The Hall–Kier alpha value is -3.05. The number of rotatable bonds is 6. The molecule has 0 radical (unpaired) electrons. The van der Waals surface area contributed by atoms with Crippen LogP contribution in [0.5, 0.6) is 0 Å². The number of piperazine rings is 1. The molecule has 0 spiro atoms. The predicted molar refractivity (Wildman–Crippen MR) is 119 cm³/mol. The number of aromatic nitrogens is 1. The van der Waals surface area contributed by atoms with Crippen molar-refractivity contribution in [3.63, 3.8) is 0 Å². The largest absolute Gasteiger partial charge is 0.347 e. The van der Waals surface area contributed by atoms with Crippen molar-refractivity contribution in [2.75, 3.05) is 24.5 Å². The smallest absolute Gasteiger partial charge is 0.223 e. The Bertz CT molecular complexity index is 1070. The third kappa shape index (κ3) is 4.18. The quantitative estimate of drug-likeness (QED) is 0.730. The molecule has 1 saturated carbocycles. The molecule has 2 bridgehead atoms. The van der Waals surface area contributed by atoms with Crippen LogP contribution in [0.1, 0.15) is 43.7 Å². The third-order valence-corrected chi connectivity index (χ3v) is 7.35. The molecule has 5 rings (SSSR count). The van der Waals surface area contributed by atoms with Gasteiger partial charge >= 0.3 is 0 Å². The molecule has 3 heterocycles. The van der Waals surface area contributed by atoms with Gasteiger partial charge in [0.2, 0.25) is 5.91 Å². The molecule has 2 aromatic rings. The summed E-state index contributed by atoms with van der Waals surface area (Å²) in [7, 11) is 0. The normalized spacial score (nSPS) is 25.1. The summed E-state index contributed by atoms with van der Waals surface area (Å²) in [6.45, 7) is 3.99. The molecule has 2 saturated heterocycles. The number of carbonyl (C=O) groups is 1. The first-order valence-electron chi connectivity index (χ1n) is 11.5. The van der Waals surface area contributed by atoms with Crippen LogP contribution in [0.15, 0.2) is 36.5 Å². The zero-order chi connectivity index (χ0) is 23.2. The third-order valence-electron chi connectivity index (χ3n) is 7.35. The van der Waals surface area contributed by atoms with Crippen LogP contribution in [-0.4, -0.2) is 47.5 Å². The molecule has 1 amide bonds. The number of pyridine rings is 1. The summed E-state index contributed by atoms with van der Waals surface area (Å²) in [6, 6.07) is 9.82. The molecule has 172 valence electrons. The number of nitrogens with one attached hydrogen (secondary N) is 1. The van der Waals surface area contributed by atoms with Crippen LogP contribution in [0.25, 0.3) is 0 Å². The number of likely N-dealkylation sites (tertiary alicyclic amines) is 1. The minimum Gasteiger partial charge on any atom is -0.347 e. The van der Waals surface area contributed by atoms with Gasteiger partial charge in [0.1, 0.15) is 23.5 Å². The number of benzene rings is 1. The number of nitriles is 1. The molecule has 2 aliphatic heterocycles. The molecule has 3 fully saturated rings. The van der Waals surface area contributed by atoms with Crippen LogP contribution in [0.3, 0.4) is 0 Å². The first-order chi connectivity index (χ1) is 15.9. The number of hydrogen-bond donors (Lipinski definition) is 1. The molecule has 6 nitrogen and oxygen atoms in total. The van der Waals surface area contributed by atoms with Crippen LogP contribution >= 0.6 is 0 Å². The van der Waals surface area contributed by atoms with E-state index in [-0.39, 0.29) is 18.0 Å². The number of hydrogen-bond acceptors (Lipinski definition) is 5. The SMILES string of the molecule is C[C@H]1CC2CN(C(=O)CCNC3(c4cc(F)cc(F)c4)CC3)CC1N2c1ccc(C#N)cn1. The van der Waals surface area contributed by atoms with E-state index in [0.717, 1.165) is 31.1 Å². The van der Waals surface area contributed by atoms with Gasteiger partial charge in [0.15, 0.2) is 0 Å². The monoisotopic (exact) mass is 451 g/mol. The Balaban J connectivity index is 1.19. The summed E-state index contributed by atoms with van der Waals surface area (Å²) in [5.41, 5.74) is 0.731. The van der Waals surface area contributed by atoms with Gasteiger partial charge in [-0.1, -0.05) is 6.92 Å². The lowest BCUT2D eigenvalue weighted by Gasteiger charge is -2.42. The van der Waals surface area contributed by atoms with Crippen molar-refractivity contribution in [1.82, 2.24) is 15.2 Å². The molecule has 2 unspecified atom stereocenters. The highest BCUT2D eigenvalue weighted by Gasteiger charge is 2.47. The molecule has 33 heavy (non-hydrogen) atoms. The minimum absolute atomic E-state index is 0.0975. The average Bonchev–Trinajstić information content (AvgIpc) is 3.55. The van der Waals surface area contributed by atoms with Crippen LogP contribution in [0.4, 0.5) is 14.6 Å². The summed E-state index contributed by atoms with van der Waals surface area (Å²) >= 11 is 0. The molecule has 8 heteroatoms. The van der Waals surface area contributed by atoms with Crippen molar-refractivity contribution in [2.45, 2.75) is 50.2 Å². The van der Waals surface area contributed by atoms with Gasteiger partial charge in [0, 0.05) is 49.9 Å². The van der Waals surface area contributed by atoms with E-state index in [0.29, 0.717) is 43.1 Å². The number of anilines is 1. The lowest BCUT2D eigenvalue weighted by Crippen LogP contribution is -2.56. The van der Waals surface area contributed by atoms with E-state index < -0.39 is 17.2 Å². The van der Waals surface area contributed by atoms with E-state index in [2.05, 4.69) is 28.2 Å². The van der Waals surface area contributed by atoms with Gasteiger partial charge in [-0.25, -0.2) is 13.8 Å². The first-order valence-corrected chi connectivity index (χ1v) is 11.5. The van der Waals surface area contributed by atoms with Crippen LogP contribution < -0.4 is 10.2 Å². The molecule has 3 atom stereocenters. The van der Waals surface area contributed by atoms with E-state index in [1.54, 1.807) is 12.3 Å². The van der Waals surface area contributed by atoms with E-state index in [1.165, 1.54) is 12.1 Å². The molecular weight excluding hydrogens is 424 g/mol. The molecule has 1 aliphatic carbocycles. The lowest BCUT2D eigenvalue weighted by atomic mass is 10.0. The fourth-order valence-corrected chi connectivity index (χ4v) is 5.48. The van der Waals surface area contributed by atoms with Crippen LogP contribution in [0, 0.1) is 28.9 Å². The zero-order valence-corrected chi connectivity index (χ0v) is 18.6. The second-order valence-electron chi connectivity index (χ2n) is 9.57. The van der Waals surface area contributed by atoms with Crippen molar-refractivity contribution in [2.24, 2.45) is 5.92 Å². The maximum Gasteiger partial charge on any atom is 0.223 e. The van der Waals surface area contributed by atoms with E-state index >= 15 is 0 Å². The van der Waals surface area contributed by atoms with Gasteiger partial charge < -0.3 is 15.1 Å². The highest BCUT2D eigenvalue weighted by atomic mass is 19.1. The van der Waals surface area contributed by atoms with Gasteiger partial charge in [0.05, 0.1) is 11.6 Å². The maximum absolute atomic E-state index is 13.6. The van der Waals surface area contributed by atoms with Gasteiger partial charge in [-0.3, -0.25) is 4.79 Å². The van der Waals surface area contributed by atoms with Gasteiger partial charge in [-0.05, 0) is 55.0 Å². The minimum atomic E-state index is -0.576. The molecular formula is C25H27F2N5O. The zero-order valence-electron chi connectivity index (χ0n) is 18.6. The van der Waals surface area contributed by atoms with Crippen molar-refractivity contribution < 1.29 is 13.6 Å². The average molecular weight is 452 g/mol. The van der Waals surface area contributed by atoms with Gasteiger partial charge in [-0.2, -0.15) is 5.26 Å². The van der Waals surface area contributed by atoms with Crippen LogP contribution in [0.2, 0.25) is 0 Å². The summed E-state index contributed by atoms with van der Waals surface area (Å²) in [4.78, 5) is 21.7. The number of fused-ring (bicyclic) bond motifs is 2. The Morgan fingerprint density at radius 1 is 1.24 bits per heavy atom. The van der Waals surface area contributed by atoms with Gasteiger partial charge in [0.25, 0.3) is 0 Å². The lowest BCUT2D eigenvalue weighted by molar-refractivity contribution is -0.132. The van der Waals surface area contributed by atoms with Crippen LogP contribution in [-0.2, 0) is 10.3 Å². The fourth-order valence-electron chi connectivity index (χ4n) is 5.48. The second kappa shape index (κ2) is 8.38.